The van der Waals surface area contributed by atoms with Gasteiger partial charge in [-0.3, -0.25) is 25.2 Å². The van der Waals surface area contributed by atoms with Gasteiger partial charge >= 0.3 is 5.91 Å². The summed E-state index contributed by atoms with van der Waals surface area (Å²) < 4.78 is 33.3. The number of fused-ring (bicyclic) bond motifs is 1. The van der Waals surface area contributed by atoms with Gasteiger partial charge in [0.15, 0.2) is 5.76 Å². The first kappa shape index (κ1) is 22.8. The Bertz CT molecular complexity index is 1320. The topological polar surface area (TPSA) is 113 Å². The van der Waals surface area contributed by atoms with E-state index in [1.165, 1.54) is 36.4 Å². The molecule has 10 heteroatoms. The predicted molar refractivity (Wildman–Crippen MR) is 118 cm³/mol. The van der Waals surface area contributed by atoms with Crippen LogP contribution in [0.4, 0.5) is 8.78 Å². The number of amides is 3. The average molecular weight is 466 g/mol. The fourth-order valence-corrected chi connectivity index (χ4v) is 3.70. The SMILES string of the molecule is Cc1c(C(=O)NNC(=O)c2ccccc2F)oc2c1/C(=N/NC(=O)c1ccccc1F)CCC2. The number of hydrogen-bond acceptors (Lipinski definition) is 5. The number of aryl methyl sites for hydroxylation is 1. The summed E-state index contributed by atoms with van der Waals surface area (Å²) >= 11 is 0. The standard InChI is InChI=1S/C24H20F2N4O4/c1-13-20-18(27-28-22(31)14-7-2-4-9-16(14)25)11-6-12-19(20)34-21(13)24(33)30-29-23(32)15-8-3-5-10-17(15)26/h2-5,7-10H,6,11-12H2,1H3,(H,28,31)(H,29,32)(H,30,33)/b27-18+. The zero-order valence-electron chi connectivity index (χ0n) is 18.1. The van der Waals surface area contributed by atoms with Crippen molar-refractivity contribution in [2.75, 3.05) is 0 Å². The summed E-state index contributed by atoms with van der Waals surface area (Å²) in [5.41, 5.74) is 7.89. The van der Waals surface area contributed by atoms with Crippen molar-refractivity contribution in [1.29, 1.82) is 0 Å². The molecule has 2 aromatic carbocycles. The van der Waals surface area contributed by atoms with Crippen molar-refractivity contribution in [2.45, 2.75) is 26.2 Å². The Morgan fingerprint density at radius 3 is 2.09 bits per heavy atom. The second-order valence-corrected chi connectivity index (χ2v) is 7.58. The molecule has 1 aromatic heterocycles. The Hall–Kier alpha value is -4.34. The summed E-state index contributed by atoms with van der Waals surface area (Å²) in [7, 11) is 0. The summed E-state index contributed by atoms with van der Waals surface area (Å²) in [6.45, 7) is 1.65. The van der Waals surface area contributed by atoms with E-state index in [-0.39, 0.29) is 16.9 Å². The third-order valence-corrected chi connectivity index (χ3v) is 5.35. The van der Waals surface area contributed by atoms with Gasteiger partial charge in [-0.05, 0) is 44.0 Å². The molecule has 4 rings (SSSR count). The molecule has 174 valence electrons. The molecule has 0 unspecified atom stereocenters. The average Bonchev–Trinajstić information content (AvgIpc) is 3.18. The zero-order chi connectivity index (χ0) is 24.2. The minimum atomic E-state index is -0.821. The van der Waals surface area contributed by atoms with Crippen LogP contribution in [-0.2, 0) is 6.42 Å². The number of carbonyl (C=O) groups excluding carboxylic acids is 3. The molecule has 0 saturated carbocycles. The van der Waals surface area contributed by atoms with E-state index in [0.717, 1.165) is 6.07 Å². The molecular formula is C24H20F2N4O4. The molecule has 0 aliphatic heterocycles. The van der Waals surface area contributed by atoms with Gasteiger partial charge in [0.25, 0.3) is 11.8 Å². The second kappa shape index (κ2) is 9.65. The van der Waals surface area contributed by atoms with Crippen molar-refractivity contribution in [1.82, 2.24) is 16.3 Å². The van der Waals surface area contributed by atoms with Gasteiger partial charge in [-0.25, -0.2) is 14.2 Å². The predicted octanol–water partition coefficient (Wildman–Crippen LogP) is 3.41. The third-order valence-electron chi connectivity index (χ3n) is 5.35. The third kappa shape index (κ3) is 4.56. The summed E-state index contributed by atoms with van der Waals surface area (Å²) in [6, 6.07) is 10.9. The number of nitrogens with zero attached hydrogens (tertiary/aromatic N) is 1. The van der Waals surface area contributed by atoms with E-state index in [1.54, 1.807) is 13.0 Å². The Morgan fingerprint density at radius 2 is 1.44 bits per heavy atom. The summed E-state index contributed by atoms with van der Waals surface area (Å²) in [6.07, 6.45) is 1.72. The van der Waals surface area contributed by atoms with Crippen molar-refractivity contribution in [3.8, 4) is 0 Å². The van der Waals surface area contributed by atoms with E-state index in [4.69, 9.17) is 4.42 Å². The molecule has 0 bridgehead atoms. The first-order chi connectivity index (χ1) is 16.4. The van der Waals surface area contributed by atoms with Crippen LogP contribution in [0.1, 0.15) is 61.0 Å². The van der Waals surface area contributed by atoms with Crippen molar-refractivity contribution in [2.24, 2.45) is 5.10 Å². The highest BCUT2D eigenvalue weighted by Crippen LogP contribution is 2.29. The molecule has 3 amide bonds. The fourth-order valence-electron chi connectivity index (χ4n) is 3.70. The Labute approximate surface area is 193 Å². The van der Waals surface area contributed by atoms with Gasteiger partial charge in [-0.15, -0.1) is 0 Å². The quantitative estimate of drug-likeness (QED) is 0.512. The number of carbonyl (C=O) groups is 3. The number of benzene rings is 2. The Balaban J connectivity index is 1.50. The molecule has 0 radical (unpaired) electrons. The largest absolute Gasteiger partial charge is 0.455 e. The van der Waals surface area contributed by atoms with Crippen LogP contribution < -0.4 is 16.3 Å². The summed E-state index contributed by atoms with van der Waals surface area (Å²) in [5, 5.41) is 4.15. The molecule has 0 saturated heterocycles. The Morgan fingerprint density at radius 1 is 0.853 bits per heavy atom. The molecule has 3 aromatic rings. The number of hydrazone groups is 1. The molecule has 1 heterocycles. The highest BCUT2D eigenvalue weighted by molar-refractivity contribution is 6.07. The number of hydrazine groups is 1. The van der Waals surface area contributed by atoms with E-state index < -0.39 is 29.4 Å². The summed E-state index contributed by atoms with van der Waals surface area (Å²) in [5.74, 6) is -3.18. The van der Waals surface area contributed by atoms with Crippen LogP contribution in [0, 0.1) is 18.6 Å². The van der Waals surface area contributed by atoms with E-state index in [1.807, 2.05) is 0 Å². The normalized spacial score (nSPS) is 13.8. The number of nitrogens with one attached hydrogen (secondary N) is 3. The summed E-state index contributed by atoms with van der Waals surface area (Å²) in [4.78, 5) is 37.1. The first-order valence-electron chi connectivity index (χ1n) is 10.5. The first-order valence-corrected chi connectivity index (χ1v) is 10.5. The lowest BCUT2D eigenvalue weighted by Gasteiger charge is -2.13. The molecule has 8 nitrogen and oxygen atoms in total. The minimum absolute atomic E-state index is 0.0473. The zero-order valence-corrected chi connectivity index (χ0v) is 18.1. The molecular weight excluding hydrogens is 446 g/mol. The molecule has 34 heavy (non-hydrogen) atoms. The van der Waals surface area contributed by atoms with Gasteiger partial charge in [-0.1, -0.05) is 24.3 Å². The lowest BCUT2D eigenvalue weighted by atomic mass is 9.93. The van der Waals surface area contributed by atoms with Crippen molar-refractivity contribution in [3.05, 3.63) is 93.9 Å². The smallest absolute Gasteiger partial charge is 0.305 e. The maximum atomic E-state index is 13.8. The molecule has 1 aliphatic carbocycles. The highest BCUT2D eigenvalue weighted by Gasteiger charge is 2.28. The van der Waals surface area contributed by atoms with Crippen molar-refractivity contribution in [3.63, 3.8) is 0 Å². The number of furan rings is 1. The molecule has 0 atom stereocenters. The fraction of sp³-hybridized carbons (Fsp3) is 0.167. The van der Waals surface area contributed by atoms with Crippen LogP contribution in [-0.4, -0.2) is 23.4 Å². The molecule has 3 N–H and O–H groups in total. The van der Waals surface area contributed by atoms with Gasteiger partial charge < -0.3 is 4.42 Å². The highest BCUT2D eigenvalue weighted by atomic mass is 19.1. The van der Waals surface area contributed by atoms with Crippen LogP contribution in [0.2, 0.25) is 0 Å². The molecule has 1 aliphatic rings. The van der Waals surface area contributed by atoms with Gasteiger partial charge in [-0.2, -0.15) is 5.10 Å². The van der Waals surface area contributed by atoms with Gasteiger partial charge in [0.2, 0.25) is 0 Å². The van der Waals surface area contributed by atoms with Crippen molar-refractivity contribution >= 4 is 23.4 Å². The van der Waals surface area contributed by atoms with E-state index in [2.05, 4.69) is 21.4 Å². The lowest BCUT2D eigenvalue weighted by Crippen LogP contribution is -2.42. The van der Waals surface area contributed by atoms with Crippen LogP contribution in [0.25, 0.3) is 0 Å². The van der Waals surface area contributed by atoms with Gasteiger partial charge in [0.1, 0.15) is 17.4 Å². The van der Waals surface area contributed by atoms with Crippen LogP contribution in [0.3, 0.4) is 0 Å². The van der Waals surface area contributed by atoms with E-state index in [0.29, 0.717) is 41.9 Å². The molecule has 0 fully saturated rings. The molecule has 0 spiro atoms. The number of rotatable bonds is 4. The van der Waals surface area contributed by atoms with E-state index >= 15 is 0 Å². The Kier molecular flexibility index (Phi) is 6.48. The second-order valence-electron chi connectivity index (χ2n) is 7.58. The number of halogens is 2. The minimum Gasteiger partial charge on any atom is -0.455 e. The van der Waals surface area contributed by atoms with Crippen LogP contribution in [0.5, 0.6) is 0 Å². The maximum Gasteiger partial charge on any atom is 0.305 e. The van der Waals surface area contributed by atoms with E-state index in [9.17, 15) is 23.2 Å². The van der Waals surface area contributed by atoms with Crippen LogP contribution in [0.15, 0.2) is 58.0 Å². The van der Waals surface area contributed by atoms with Gasteiger partial charge in [0.05, 0.1) is 16.8 Å². The lowest BCUT2D eigenvalue weighted by molar-refractivity contribution is 0.0827. The monoisotopic (exact) mass is 466 g/mol. The maximum absolute atomic E-state index is 13.8. The van der Waals surface area contributed by atoms with Gasteiger partial charge in [0, 0.05) is 17.5 Å². The number of hydrogen-bond donors (Lipinski definition) is 3. The van der Waals surface area contributed by atoms with Crippen LogP contribution >= 0.6 is 0 Å². The van der Waals surface area contributed by atoms with Crippen molar-refractivity contribution < 1.29 is 27.6 Å².